The van der Waals surface area contributed by atoms with Gasteiger partial charge in [-0.25, -0.2) is 0 Å². The number of carbonyl (C=O) groups excluding carboxylic acids is 4. The van der Waals surface area contributed by atoms with Gasteiger partial charge in [0.25, 0.3) is 5.91 Å². The summed E-state index contributed by atoms with van der Waals surface area (Å²) < 4.78 is 5.41. The van der Waals surface area contributed by atoms with Crippen molar-refractivity contribution in [2.75, 3.05) is 12.4 Å². The van der Waals surface area contributed by atoms with Gasteiger partial charge in [-0.15, -0.1) is 11.6 Å². The Morgan fingerprint density at radius 3 is 2.12 bits per heavy atom. The monoisotopic (exact) mass is 496 g/mol. The maximum atomic E-state index is 12.7. The maximum absolute atomic E-state index is 12.7. The summed E-state index contributed by atoms with van der Waals surface area (Å²) in [6, 6.07) is 12.3. The summed E-state index contributed by atoms with van der Waals surface area (Å²) in [6.07, 6.45) is -1.12. The molecule has 1 fully saturated rings. The fourth-order valence-electron chi connectivity index (χ4n) is 3.14. The third-order valence-corrected chi connectivity index (χ3v) is 5.57. The molecule has 0 aliphatic carbocycles. The number of nitrogens with zero attached hydrogens (tertiary/aromatic N) is 1. The minimum atomic E-state index is -1.09. The second kappa shape index (κ2) is 10.8. The molecule has 0 saturated carbocycles. The van der Waals surface area contributed by atoms with Gasteiger partial charge >= 0.3 is 5.97 Å². The van der Waals surface area contributed by atoms with E-state index in [2.05, 4.69) is 5.43 Å². The summed E-state index contributed by atoms with van der Waals surface area (Å²) in [6.45, 7) is -0.0697. The topological polar surface area (TPSA) is 92.8 Å². The number of hydrogen-bond acceptors (Lipinski definition) is 5. The fraction of sp³-hybridized carbons (Fsp3) is 0.273. The molecule has 3 rings (SSSR count). The Labute approximate surface area is 199 Å². The minimum Gasteiger partial charge on any atom is -0.454 e. The summed E-state index contributed by atoms with van der Waals surface area (Å²) in [5.41, 5.74) is 3.11. The van der Waals surface area contributed by atoms with Crippen molar-refractivity contribution in [3.05, 3.63) is 69.7 Å². The van der Waals surface area contributed by atoms with Crippen LogP contribution in [-0.2, 0) is 14.3 Å². The van der Waals surface area contributed by atoms with Crippen molar-refractivity contribution in [1.29, 1.82) is 0 Å². The van der Waals surface area contributed by atoms with Gasteiger partial charge in [0, 0.05) is 39.9 Å². The number of hydrazine groups is 1. The molecule has 2 amide bonds. The van der Waals surface area contributed by atoms with Crippen LogP contribution >= 0.6 is 34.8 Å². The van der Waals surface area contributed by atoms with Gasteiger partial charge in [0.2, 0.25) is 11.7 Å². The molecule has 2 unspecified atom stereocenters. The van der Waals surface area contributed by atoms with Crippen LogP contribution in [0.5, 0.6) is 0 Å². The molecule has 0 radical (unpaired) electrons. The molecule has 2 aromatic carbocycles. The van der Waals surface area contributed by atoms with Crippen LogP contribution in [0.4, 0.5) is 0 Å². The third kappa shape index (κ3) is 6.00. The Morgan fingerprint density at radius 1 is 1.00 bits per heavy atom. The van der Waals surface area contributed by atoms with Crippen LogP contribution in [0.3, 0.4) is 0 Å². The number of carbonyl (C=O) groups is 4. The second-order valence-corrected chi connectivity index (χ2v) is 8.38. The van der Waals surface area contributed by atoms with Gasteiger partial charge in [-0.1, -0.05) is 23.2 Å². The number of ketones is 1. The van der Waals surface area contributed by atoms with E-state index in [1.807, 2.05) is 0 Å². The Bertz CT molecular complexity index is 1010. The summed E-state index contributed by atoms with van der Waals surface area (Å²) in [5.74, 6) is -2.80. The lowest BCUT2D eigenvalue weighted by Crippen LogP contribution is -2.43. The molecule has 0 bridgehead atoms. The minimum absolute atomic E-state index is 0.0697. The first-order valence-corrected chi connectivity index (χ1v) is 11.0. The predicted octanol–water partition coefficient (Wildman–Crippen LogP) is 3.91. The highest BCUT2D eigenvalue weighted by Gasteiger charge is 2.38. The van der Waals surface area contributed by atoms with Gasteiger partial charge in [-0.3, -0.25) is 29.6 Å². The molecule has 7 nitrogen and oxygen atoms in total. The second-order valence-electron chi connectivity index (χ2n) is 7.13. The largest absolute Gasteiger partial charge is 0.454 e. The summed E-state index contributed by atoms with van der Waals surface area (Å²) in [4.78, 5) is 50.0. The number of Topliss-reactive ketones (excluding diaryl/α,β-unsaturated/α-hetero) is 1. The van der Waals surface area contributed by atoms with Gasteiger partial charge in [0.1, 0.15) is 0 Å². The Balaban J connectivity index is 1.61. The highest BCUT2D eigenvalue weighted by atomic mass is 35.5. The van der Waals surface area contributed by atoms with Gasteiger partial charge in [0.15, 0.2) is 6.10 Å². The molecule has 0 aromatic heterocycles. The molecule has 0 spiro atoms. The molecule has 2 aromatic rings. The number of rotatable bonds is 8. The first-order chi connectivity index (χ1) is 15.3. The van der Waals surface area contributed by atoms with Crippen molar-refractivity contribution in [2.45, 2.75) is 18.9 Å². The van der Waals surface area contributed by atoms with Crippen molar-refractivity contribution in [1.82, 2.24) is 10.4 Å². The molecule has 1 N–H and O–H groups in total. The third-order valence-electron chi connectivity index (χ3n) is 4.85. The van der Waals surface area contributed by atoms with Crippen LogP contribution in [-0.4, -0.2) is 47.1 Å². The van der Waals surface area contributed by atoms with E-state index < -0.39 is 35.6 Å². The standard InChI is InChI=1S/C22H19Cl3N2O5/c23-10-9-18(20(29)13-1-5-16(24)6-2-13)32-22(31)15-11-19(28)27(12-15)26-21(30)14-3-7-17(25)8-4-14/h1-8,15,18H,9-12H2,(H,26,30). The number of ether oxygens (including phenoxy) is 1. The summed E-state index contributed by atoms with van der Waals surface area (Å²) in [5, 5.41) is 2.01. The van der Waals surface area contributed by atoms with Crippen LogP contribution in [0.1, 0.15) is 33.6 Å². The SMILES string of the molecule is O=C(NN1CC(C(=O)OC(CCCl)C(=O)c2ccc(Cl)cc2)CC1=O)c1ccc(Cl)cc1. The molecule has 1 saturated heterocycles. The van der Waals surface area contributed by atoms with Crippen molar-refractivity contribution >= 4 is 58.4 Å². The number of halogens is 3. The highest BCUT2D eigenvalue weighted by Crippen LogP contribution is 2.21. The number of amides is 2. The maximum Gasteiger partial charge on any atom is 0.312 e. The van der Waals surface area contributed by atoms with Crippen molar-refractivity contribution in [2.24, 2.45) is 5.92 Å². The van der Waals surface area contributed by atoms with E-state index in [0.29, 0.717) is 21.2 Å². The number of benzene rings is 2. The first-order valence-electron chi connectivity index (χ1n) is 9.71. The fourth-order valence-corrected chi connectivity index (χ4v) is 3.59. The lowest BCUT2D eigenvalue weighted by molar-refractivity contribution is -0.151. The van der Waals surface area contributed by atoms with E-state index in [1.165, 1.54) is 24.3 Å². The molecule has 10 heteroatoms. The van der Waals surface area contributed by atoms with Crippen LogP contribution in [0.25, 0.3) is 0 Å². The summed E-state index contributed by atoms with van der Waals surface area (Å²) >= 11 is 17.4. The molecule has 32 heavy (non-hydrogen) atoms. The number of hydrogen-bond donors (Lipinski definition) is 1. The number of alkyl halides is 1. The van der Waals surface area contributed by atoms with E-state index in [0.717, 1.165) is 5.01 Å². The zero-order valence-corrected chi connectivity index (χ0v) is 19.0. The van der Waals surface area contributed by atoms with E-state index in [4.69, 9.17) is 39.5 Å². The van der Waals surface area contributed by atoms with E-state index in [-0.39, 0.29) is 25.3 Å². The molecule has 1 aliphatic rings. The van der Waals surface area contributed by atoms with Crippen molar-refractivity contribution in [3.8, 4) is 0 Å². The van der Waals surface area contributed by atoms with E-state index >= 15 is 0 Å². The first kappa shape index (κ1) is 24.0. The molecule has 168 valence electrons. The van der Waals surface area contributed by atoms with Crippen molar-refractivity contribution < 1.29 is 23.9 Å². The lowest BCUT2D eigenvalue weighted by Gasteiger charge is -2.19. The highest BCUT2D eigenvalue weighted by molar-refractivity contribution is 6.31. The Hall–Kier alpha value is -2.61. The zero-order valence-electron chi connectivity index (χ0n) is 16.7. The molecular formula is C22H19Cl3N2O5. The average molecular weight is 498 g/mol. The lowest BCUT2D eigenvalue weighted by atomic mass is 10.0. The molecule has 2 atom stereocenters. The Kier molecular flexibility index (Phi) is 8.12. The van der Waals surface area contributed by atoms with Crippen LogP contribution in [0.15, 0.2) is 48.5 Å². The van der Waals surface area contributed by atoms with Crippen LogP contribution < -0.4 is 5.43 Å². The number of esters is 1. The van der Waals surface area contributed by atoms with Crippen LogP contribution in [0.2, 0.25) is 10.0 Å². The van der Waals surface area contributed by atoms with Gasteiger partial charge < -0.3 is 4.74 Å². The van der Waals surface area contributed by atoms with Gasteiger partial charge in [-0.05, 0) is 48.5 Å². The van der Waals surface area contributed by atoms with Gasteiger partial charge in [0.05, 0.1) is 12.5 Å². The van der Waals surface area contributed by atoms with Gasteiger partial charge in [-0.2, -0.15) is 0 Å². The summed E-state index contributed by atoms with van der Waals surface area (Å²) in [7, 11) is 0. The van der Waals surface area contributed by atoms with Crippen LogP contribution in [0, 0.1) is 5.92 Å². The average Bonchev–Trinajstić information content (AvgIpc) is 3.14. The quantitative estimate of drug-likeness (QED) is 0.339. The normalized spacial score (nSPS) is 16.5. The molecular weight excluding hydrogens is 479 g/mol. The molecule has 1 aliphatic heterocycles. The van der Waals surface area contributed by atoms with Crippen molar-refractivity contribution in [3.63, 3.8) is 0 Å². The molecule has 1 heterocycles. The predicted molar refractivity (Wildman–Crippen MR) is 120 cm³/mol. The smallest absolute Gasteiger partial charge is 0.312 e. The zero-order chi connectivity index (χ0) is 23.3. The van der Waals surface area contributed by atoms with E-state index in [9.17, 15) is 19.2 Å². The number of nitrogens with one attached hydrogen (secondary N) is 1. The Morgan fingerprint density at radius 2 is 1.56 bits per heavy atom. The van der Waals surface area contributed by atoms with E-state index in [1.54, 1.807) is 24.3 Å².